The van der Waals surface area contributed by atoms with Crippen LogP contribution < -0.4 is 20.3 Å². The summed E-state index contributed by atoms with van der Waals surface area (Å²) in [6.45, 7) is 0.889. The second kappa shape index (κ2) is 9.65. The van der Waals surface area contributed by atoms with Gasteiger partial charge in [0, 0.05) is 38.3 Å². The molecule has 0 unspecified atom stereocenters. The van der Waals surface area contributed by atoms with Crippen molar-refractivity contribution in [1.82, 2.24) is 15.3 Å². The van der Waals surface area contributed by atoms with Crippen LogP contribution in [-0.2, 0) is 19.4 Å². The highest BCUT2D eigenvalue weighted by Gasteiger charge is 2.23. The topological polar surface area (TPSA) is 62.3 Å². The maximum Gasteiger partial charge on any atom is 0.225 e. The van der Waals surface area contributed by atoms with E-state index < -0.39 is 0 Å². The zero-order valence-corrected chi connectivity index (χ0v) is 18.6. The first kappa shape index (κ1) is 20.9. The average Bonchev–Trinajstić information content (AvgIpc) is 2.78. The summed E-state index contributed by atoms with van der Waals surface area (Å²) < 4.78 is 5.32. The molecule has 1 fully saturated rings. The number of methoxy groups -OCH3 is 1. The zero-order valence-electron chi connectivity index (χ0n) is 18.6. The van der Waals surface area contributed by atoms with E-state index in [9.17, 15) is 0 Å². The fourth-order valence-corrected chi connectivity index (χ4v) is 4.68. The van der Waals surface area contributed by atoms with E-state index in [0.29, 0.717) is 12.1 Å². The first-order valence-corrected chi connectivity index (χ1v) is 11.3. The minimum atomic E-state index is 0.455. The Kier molecular flexibility index (Phi) is 6.72. The van der Waals surface area contributed by atoms with Gasteiger partial charge in [0.2, 0.25) is 5.95 Å². The summed E-state index contributed by atoms with van der Waals surface area (Å²) in [5.74, 6) is 2.83. The number of anilines is 2. The predicted octanol–water partition coefficient (Wildman–Crippen LogP) is 3.94. The zero-order chi connectivity index (χ0) is 20.9. The Hall–Kier alpha value is -2.34. The standard InChI is InChI=1S/C24H35N5O/c1-29(2)23-21-9-4-5-10-22(21)27-24(28-23)26-19-13-11-18(12-14-19)25-16-17-7-6-8-20(15-17)30-3/h6-8,15,18-19,25H,4-5,9-14,16H2,1-3H3,(H,26,27,28)/t18-,19+. The van der Waals surface area contributed by atoms with Gasteiger partial charge in [-0.25, -0.2) is 4.98 Å². The van der Waals surface area contributed by atoms with Crippen molar-refractivity contribution >= 4 is 11.8 Å². The van der Waals surface area contributed by atoms with Gasteiger partial charge in [-0.3, -0.25) is 0 Å². The van der Waals surface area contributed by atoms with E-state index in [1.54, 1.807) is 7.11 Å². The SMILES string of the molecule is COc1cccc(CN[C@H]2CC[C@@H](Nc3nc4c(c(N(C)C)n3)CCCC4)CC2)c1. The Labute approximate surface area is 180 Å². The molecule has 162 valence electrons. The smallest absolute Gasteiger partial charge is 0.225 e. The lowest BCUT2D eigenvalue weighted by molar-refractivity contribution is 0.351. The lowest BCUT2D eigenvalue weighted by Crippen LogP contribution is -2.37. The Balaban J connectivity index is 1.31. The van der Waals surface area contributed by atoms with Crippen molar-refractivity contribution in [3.63, 3.8) is 0 Å². The van der Waals surface area contributed by atoms with Gasteiger partial charge in [-0.15, -0.1) is 0 Å². The number of aryl methyl sites for hydroxylation is 1. The second-order valence-corrected chi connectivity index (χ2v) is 8.82. The average molecular weight is 410 g/mol. The molecule has 4 rings (SSSR count). The Morgan fingerprint density at radius 3 is 2.57 bits per heavy atom. The summed E-state index contributed by atoms with van der Waals surface area (Å²) in [7, 11) is 5.88. The minimum absolute atomic E-state index is 0.455. The highest BCUT2D eigenvalue weighted by Crippen LogP contribution is 2.29. The molecule has 0 amide bonds. The van der Waals surface area contributed by atoms with E-state index in [2.05, 4.69) is 47.8 Å². The normalized spacial score (nSPS) is 21.0. The summed E-state index contributed by atoms with van der Waals surface area (Å²) in [5, 5.41) is 7.36. The van der Waals surface area contributed by atoms with Crippen molar-refractivity contribution in [2.75, 3.05) is 31.4 Å². The molecule has 6 nitrogen and oxygen atoms in total. The fraction of sp³-hybridized carbons (Fsp3) is 0.583. The molecule has 2 aliphatic rings. The first-order chi connectivity index (χ1) is 14.6. The van der Waals surface area contributed by atoms with Crippen LogP contribution in [0.3, 0.4) is 0 Å². The van der Waals surface area contributed by atoms with Crippen molar-refractivity contribution in [3.05, 3.63) is 41.1 Å². The molecule has 2 N–H and O–H groups in total. The quantitative estimate of drug-likeness (QED) is 0.722. The van der Waals surface area contributed by atoms with Crippen molar-refractivity contribution in [2.24, 2.45) is 0 Å². The molecule has 2 aromatic rings. The molecule has 0 atom stereocenters. The van der Waals surface area contributed by atoms with Crippen LogP contribution in [0.15, 0.2) is 24.3 Å². The first-order valence-electron chi connectivity index (χ1n) is 11.3. The van der Waals surface area contributed by atoms with Crippen LogP contribution in [0.2, 0.25) is 0 Å². The lowest BCUT2D eigenvalue weighted by atomic mass is 9.91. The molecule has 0 aliphatic heterocycles. The number of aromatic nitrogens is 2. The van der Waals surface area contributed by atoms with Gasteiger partial charge in [0.25, 0.3) is 0 Å². The van der Waals surface area contributed by atoms with Gasteiger partial charge in [-0.2, -0.15) is 4.98 Å². The number of nitrogens with one attached hydrogen (secondary N) is 2. The number of rotatable bonds is 7. The third-order valence-corrected chi connectivity index (χ3v) is 6.37. The molecule has 2 aliphatic carbocycles. The maximum atomic E-state index is 5.32. The van der Waals surface area contributed by atoms with Gasteiger partial charge < -0.3 is 20.3 Å². The number of ether oxygens (including phenoxy) is 1. The Bertz CT molecular complexity index is 845. The van der Waals surface area contributed by atoms with E-state index in [1.165, 1.54) is 42.5 Å². The monoisotopic (exact) mass is 409 g/mol. The van der Waals surface area contributed by atoms with E-state index in [4.69, 9.17) is 14.7 Å². The summed E-state index contributed by atoms with van der Waals surface area (Å²) >= 11 is 0. The molecule has 6 heteroatoms. The molecule has 1 aromatic carbocycles. The lowest BCUT2D eigenvalue weighted by Gasteiger charge is -2.30. The Morgan fingerprint density at radius 2 is 1.80 bits per heavy atom. The van der Waals surface area contributed by atoms with Crippen LogP contribution in [0.1, 0.15) is 55.3 Å². The van der Waals surface area contributed by atoms with Crippen molar-refractivity contribution in [2.45, 2.75) is 70.0 Å². The van der Waals surface area contributed by atoms with E-state index >= 15 is 0 Å². The molecule has 1 aromatic heterocycles. The van der Waals surface area contributed by atoms with Gasteiger partial charge in [0.15, 0.2) is 0 Å². The van der Waals surface area contributed by atoms with Gasteiger partial charge in [-0.1, -0.05) is 12.1 Å². The molecule has 1 saturated carbocycles. The maximum absolute atomic E-state index is 5.32. The van der Waals surface area contributed by atoms with Gasteiger partial charge in [0.05, 0.1) is 12.8 Å². The fourth-order valence-electron chi connectivity index (χ4n) is 4.68. The van der Waals surface area contributed by atoms with Crippen molar-refractivity contribution < 1.29 is 4.74 Å². The van der Waals surface area contributed by atoms with E-state index in [1.807, 2.05) is 6.07 Å². The van der Waals surface area contributed by atoms with Crippen molar-refractivity contribution in [1.29, 1.82) is 0 Å². The minimum Gasteiger partial charge on any atom is -0.497 e. The summed E-state index contributed by atoms with van der Waals surface area (Å²) in [4.78, 5) is 11.9. The third-order valence-electron chi connectivity index (χ3n) is 6.37. The molecule has 1 heterocycles. The highest BCUT2D eigenvalue weighted by molar-refractivity contribution is 5.52. The van der Waals surface area contributed by atoms with Gasteiger partial charge in [-0.05, 0) is 69.1 Å². The number of hydrogen-bond acceptors (Lipinski definition) is 6. The van der Waals surface area contributed by atoms with Crippen LogP contribution >= 0.6 is 0 Å². The summed E-state index contributed by atoms with van der Waals surface area (Å²) in [5.41, 5.74) is 3.87. The van der Waals surface area contributed by atoms with E-state index in [0.717, 1.165) is 49.7 Å². The van der Waals surface area contributed by atoms with Gasteiger partial charge in [0.1, 0.15) is 11.6 Å². The summed E-state index contributed by atoms with van der Waals surface area (Å²) in [6, 6.07) is 9.32. The Morgan fingerprint density at radius 1 is 1.03 bits per heavy atom. The van der Waals surface area contributed by atoms with Gasteiger partial charge >= 0.3 is 0 Å². The third kappa shape index (κ3) is 5.04. The molecular weight excluding hydrogens is 374 g/mol. The number of benzene rings is 1. The number of nitrogens with zero attached hydrogens (tertiary/aromatic N) is 3. The summed E-state index contributed by atoms with van der Waals surface area (Å²) in [6.07, 6.45) is 9.31. The highest BCUT2D eigenvalue weighted by atomic mass is 16.5. The number of hydrogen-bond donors (Lipinski definition) is 2. The van der Waals surface area contributed by atoms with Crippen molar-refractivity contribution in [3.8, 4) is 5.75 Å². The molecular formula is C24H35N5O. The molecule has 0 radical (unpaired) electrons. The van der Waals surface area contributed by atoms with Crippen LogP contribution in [-0.4, -0.2) is 43.3 Å². The van der Waals surface area contributed by atoms with E-state index in [-0.39, 0.29) is 0 Å². The van der Waals surface area contributed by atoms with Crippen LogP contribution in [0.25, 0.3) is 0 Å². The molecule has 0 spiro atoms. The second-order valence-electron chi connectivity index (χ2n) is 8.82. The molecule has 30 heavy (non-hydrogen) atoms. The molecule has 0 bridgehead atoms. The van der Waals surface area contributed by atoms with Crippen LogP contribution in [0, 0.1) is 0 Å². The van der Waals surface area contributed by atoms with Crippen LogP contribution in [0.5, 0.6) is 5.75 Å². The largest absolute Gasteiger partial charge is 0.497 e. The molecule has 0 saturated heterocycles. The predicted molar refractivity (Wildman–Crippen MR) is 123 cm³/mol. The van der Waals surface area contributed by atoms with Crippen LogP contribution in [0.4, 0.5) is 11.8 Å². The number of fused-ring (bicyclic) bond motifs is 1.